The van der Waals surface area contributed by atoms with Crippen LogP contribution in [0.4, 0.5) is 0 Å². The van der Waals surface area contributed by atoms with Crippen molar-refractivity contribution in [2.24, 2.45) is 5.92 Å². The fourth-order valence-electron chi connectivity index (χ4n) is 2.26. The van der Waals surface area contributed by atoms with Crippen molar-refractivity contribution >= 4 is 0 Å². The minimum absolute atomic E-state index is 0.788. The molecule has 0 radical (unpaired) electrons. The van der Waals surface area contributed by atoms with Gasteiger partial charge in [-0.2, -0.15) is 0 Å². The highest BCUT2D eigenvalue weighted by molar-refractivity contribution is 4.73. The van der Waals surface area contributed by atoms with E-state index in [0.717, 1.165) is 12.0 Å². The summed E-state index contributed by atoms with van der Waals surface area (Å²) in [5.41, 5.74) is 0. The molecule has 0 heterocycles. The first kappa shape index (κ1) is 13.0. The standard InChI is InChI=1S/C12H27N/c1-6-9-10-11(7-2)12(8-3)13(4)5/h11-12H,6-10H2,1-5H3. The average molecular weight is 185 g/mol. The quantitative estimate of drug-likeness (QED) is 0.586. The second-order valence-electron chi connectivity index (χ2n) is 4.25. The lowest BCUT2D eigenvalue weighted by Crippen LogP contribution is -2.34. The molecule has 0 aliphatic rings. The van der Waals surface area contributed by atoms with Crippen molar-refractivity contribution in [3.63, 3.8) is 0 Å². The number of unbranched alkanes of at least 4 members (excludes halogenated alkanes) is 1. The van der Waals surface area contributed by atoms with Crippen LogP contribution in [-0.2, 0) is 0 Å². The van der Waals surface area contributed by atoms with Crippen LogP contribution >= 0.6 is 0 Å². The molecule has 0 saturated heterocycles. The van der Waals surface area contributed by atoms with E-state index in [1.54, 1.807) is 0 Å². The zero-order valence-electron chi connectivity index (χ0n) is 10.1. The van der Waals surface area contributed by atoms with Gasteiger partial charge in [-0.1, -0.05) is 40.0 Å². The Morgan fingerprint density at radius 1 is 1.00 bits per heavy atom. The summed E-state index contributed by atoms with van der Waals surface area (Å²) in [7, 11) is 4.42. The molecule has 0 N–H and O–H groups in total. The zero-order chi connectivity index (χ0) is 10.3. The molecule has 0 bridgehead atoms. The molecule has 13 heavy (non-hydrogen) atoms. The number of hydrogen-bond acceptors (Lipinski definition) is 1. The molecule has 0 aromatic heterocycles. The maximum absolute atomic E-state index is 2.39. The Labute approximate surface area is 84.5 Å². The normalized spacial score (nSPS) is 16.2. The van der Waals surface area contributed by atoms with Gasteiger partial charge in [0.15, 0.2) is 0 Å². The largest absolute Gasteiger partial charge is 0.306 e. The summed E-state index contributed by atoms with van der Waals surface area (Å²) in [6, 6.07) is 0.788. The Bertz CT molecular complexity index is 110. The first-order valence-corrected chi connectivity index (χ1v) is 5.83. The van der Waals surface area contributed by atoms with E-state index >= 15 is 0 Å². The lowest BCUT2D eigenvalue weighted by molar-refractivity contribution is 0.187. The zero-order valence-corrected chi connectivity index (χ0v) is 10.1. The third-order valence-corrected chi connectivity index (χ3v) is 3.08. The van der Waals surface area contributed by atoms with Crippen LogP contribution in [0.25, 0.3) is 0 Å². The minimum atomic E-state index is 0.788. The van der Waals surface area contributed by atoms with Crippen LogP contribution in [0.5, 0.6) is 0 Å². The maximum atomic E-state index is 2.39. The van der Waals surface area contributed by atoms with Gasteiger partial charge in [0.25, 0.3) is 0 Å². The molecule has 80 valence electrons. The predicted molar refractivity (Wildman–Crippen MR) is 61.1 cm³/mol. The fourth-order valence-corrected chi connectivity index (χ4v) is 2.26. The van der Waals surface area contributed by atoms with Gasteiger partial charge in [-0.25, -0.2) is 0 Å². The van der Waals surface area contributed by atoms with E-state index in [1.807, 2.05) is 0 Å². The van der Waals surface area contributed by atoms with E-state index in [4.69, 9.17) is 0 Å². The highest BCUT2D eigenvalue weighted by Crippen LogP contribution is 2.21. The summed E-state index contributed by atoms with van der Waals surface area (Å²) < 4.78 is 0. The second kappa shape index (κ2) is 7.37. The molecule has 2 unspecified atom stereocenters. The summed E-state index contributed by atoms with van der Waals surface area (Å²) in [5.74, 6) is 0.903. The molecular weight excluding hydrogens is 158 g/mol. The minimum Gasteiger partial charge on any atom is -0.306 e. The number of rotatable bonds is 7. The summed E-state index contributed by atoms with van der Waals surface area (Å²) in [5, 5.41) is 0. The Kier molecular flexibility index (Phi) is 7.35. The predicted octanol–water partition coefficient (Wildman–Crippen LogP) is 3.54. The van der Waals surface area contributed by atoms with Gasteiger partial charge in [0.05, 0.1) is 0 Å². The number of nitrogens with zero attached hydrogens (tertiary/aromatic N) is 1. The van der Waals surface area contributed by atoms with E-state index in [2.05, 4.69) is 39.8 Å². The SMILES string of the molecule is CCCCC(CC)C(CC)N(C)C. The highest BCUT2D eigenvalue weighted by atomic mass is 15.1. The van der Waals surface area contributed by atoms with Gasteiger partial charge in [-0.3, -0.25) is 0 Å². The average Bonchev–Trinajstić information content (AvgIpc) is 2.11. The molecule has 2 atom stereocenters. The molecule has 0 aliphatic carbocycles. The van der Waals surface area contributed by atoms with Crippen LogP contribution in [0.15, 0.2) is 0 Å². The van der Waals surface area contributed by atoms with E-state index in [0.29, 0.717) is 0 Å². The van der Waals surface area contributed by atoms with Crippen LogP contribution < -0.4 is 0 Å². The summed E-state index contributed by atoms with van der Waals surface area (Å²) in [4.78, 5) is 2.39. The Morgan fingerprint density at radius 2 is 1.62 bits per heavy atom. The van der Waals surface area contributed by atoms with Gasteiger partial charge in [-0.15, -0.1) is 0 Å². The van der Waals surface area contributed by atoms with Gasteiger partial charge in [0.1, 0.15) is 0 Å². The topological polar surface area (TPSA) is 3.24 Å². The van der Waals surface area contributed by atoms with Crippen molar-refractivity contribution in [3.05, 3.63) is 0 Å². The van der Waals surface area contributed by atoms with Gasteiger partial charge in [0, 0.05) is 6.04 Å². The lowest BCUT2D eigenvalue weighted by atomic mass is 9.89. The van der Waals surface area contributed by atoms with Gasteiger partial charge in [0.2, 0.25) is 0 Å². The van der Waals surface area contributed by atoms with Gasteiger partial charge >= 0.3 is 0 Å². The smallest absolute Gasteiger partial charge is 0.0115 e. The van der Waals surface area contributed by atoms with E-state index in [-0.39, 0.29) is 0 Å². The van der Waals surface area contributed by atoms with Gasteiger partial charge < -0.3 is 4.90 Å². The van der Waals surface area contributed by atoms with Crippen molar-refractivity contribution in [1.29, 1.82) is 0 Å². The van der Waals surface area contributed by atoms with Crippen molar-refractivity contribution in [1.82, 2.24) is 4.90 Å². The maximum Gasteiger partial charge on any atom is 0.0115 e. The van der Waals surface area contributed by atoms with E-state index in [9.17, 15) is 0 Å². The van der Waals surface area contributed by atoms with Crippen LogP contribution in [0.2, 0.25) is 0 Å². The van der Waals surface area contributed by atoms with Crippen molar-refractivity contribution in [3.8, 4) is 0 Å². The van der Waals surface area contributed by atoms with Crippen LogP contribution in [0, 0.1) is 5.92 Å². The Hall–Kier alpha value is -0.0400. The molecule has 0 fully saturated rings. The molecule has 0 amide bonds. The van der Waals surface area contributed by atoms with Crippen molar-refractivity contribution in [2.75, 3.05) is 14.1 Å². The van der Waals surface area contributed by atoms with Crippen LogP contribution in [0.3, 0.4) is 0 Å². The first-order chi connectivity index (χ1) is 6.17. The van der Waals surface area contributed by atoms with Crippen molar-refractivity contribution in [2.45, 2.75) is 58.9 Å². The Morgan fingerprint density at radius 3 is 1.92 bits per heavy atom. The molecule has 0 aromatic carbocycles. The summed E-state index contributed by atoms with van der Waals surface area (Å²) in [6.07, 6.45) is 6.75. The lowest BCUT2D eigenvalue weighted by Gasteiger charge is -2.31. The third kappa shape index (κ3) is 4.66. The first-order valence-electron chi connectivity index (χ1n) is 5.83. The summed E-state index contributed by atoms with van der Waals surface area (Å²) in [6.45, 7) is 6.91. The summed E-state index contributed by atoms with van der Waals surface area (Å²) >= 11 is 0. The monoisotopic (exact) mass is 185 g/mol. The number of hydrogen-bond donors (Lipinski definition) is 0. The molecule has 1 nitrogen and oxygen atoms in total. The molecule has 0 aliphatic heterocycles. The molecule has 0 rings (SSSR count). The highest BCUT2D eigenvalue weighted by Gasteiger charge is 2.19. The van der Waals surface area contributed by atoms with E-state index in [1.165, 1.54) is 32.1 Å². The third-order valence-electron chi connectivity index (χ3n) is 3.08. The van der Waals surface area contributed by atoms with Crippen molar-refractivity contribution < 1.29 is 0 Å². The van der Waals surface area contributed by atoms with E-state index < -0.39 is 0 Å². The molecule has 0 spiro atoms. The second-order valence-corrected chi connectivity index (χ2v) is 4.25. The van der Waals surface area contributed by atoms with Crippen LogP contribution in [0.1, 0.15) is 52.9 Å². The fraction of sp³-hybridized carbons (Fsp3) is 1.00. The Balaban J connectivity index is 4.00. The molecule has 0 aromatic rings. The molecule has 0 saturated carbocycles. The van der Waals surface area contributed by atoms with Crippen LogP contribution in [-0.4, -0.2) is 25.0 Å². The van der Waals surface area contributed by atoms with Gasteiger partial charge in [-0.05, 0) is 32.9 Å². The molecular formula is C12H27N. The molecule has 1 heteroatoms.